The van der Waals surface area contributed by atoms with E-state index in [1.165, 1.54) is 107 Å². The molecule has 0 spiro atoms. The fourth-order valence-corrected chi connectivity index (χ4v) is 6.00. The van der Waals surface area contributed by atoms with Gasteiger partial charge in [-0.2, -0.15) is 8.78 Å². The number of alkyl halides is 2. The van der Waals surface area contributed by atoms with E-state index in [1.54, 1.807) is 12.1 Å². The Labute approximate surface area is 241 Å². The van der Waals surface area contributed by atoms with Gasteiger partial charge in [-0.15, -0.1) is 0 Å². The lowest BCUT2D eigenvalue weighted by Crippen LogP contribution is -2.22. The summed E-state index contributed by atoms with van der Waals surface area (Å²) in [5.41, 5.74) is 0.690. The molecular weight excluding hydrogens is 531 g/mol. The van der Waals surface area contributed by atoms with Crippen molar-refractivity contribution in [3.63, 3.8) is 0 Å². The van der Waals surface area contributed by atoms with Crippen molar-refractivity contribution in [1.29, 1.82) is 0 Å². The van der Waals surface area contributed by atoms with Crippen molar-refractivity contribution in [1.82, 2.24) is 0 Å². The Morgan fingerprint density at radius 2 is 1.32 bits per heavy atom. The number of ether oxygens (including phenoxy) is 1. The molecular formula is C35H41F5O. The lowest BCUT2D eigenvalue weighted by molar-refractivity contribution is -0.185. The van der Waals surface area contributed by atoms with Crippen LogP contribution < -0.4 is 4.74 Å². The summed E-state index contributed by atoms with van der Waals surface area (Å²) >= 11 is 0. The van der Waals surface area contributed by atoms with E-state index in [0.717, 1.165) is 36.5 Å². The number of hydrogen-bond donors (Lipinski definition) is 0. The molecule has 3 aromatic carbocycles. The minimum atomic E-state index is -3.68. The van der Waals surface area contributed by atoms with E-state index in [4.69, 9.17) is 4.74 Å². The topological polar surface area (TPSA) is 9.23 Å². The average molecular weight is 573 g/mol. The van der Waals surface area contributed by atoms with Crippen LogP contribution in [0.3, 0.4) is 0 Å². The molecule has 0 radical (unpaired) electrons. The first-order valence-electron chi connectivity index (χ1n) is 15.2. The number of benzene rings is 3. The molecule has 1 fully saturated rings. The molecule has 222 valence electrons. The Morgan fingerprint density at radius 1 is 0.732 bits per heavy atom. The van der Waals surface area contributed by atoms with Crippen LogP contribution in [-0.4, -0.2) is 0 Å². The third-order valence-electron chi connectivity index (χ3n) is 8.45. The minimum Gasteiger partial charge on any atom is -0.428 e. The van der Waals surface area contributed by atoms with Crippen LogP contribution in [0.15, 0.2) is 60.7 Å². The highest BCUT2D eigenvalue weighted by molar-refractivity contribution is 5.70. The van der Waals surface area contributed by atoms with Crippen molar-refractivity contribution >= 4 is 0 Å². The normalized spacial score (nSPS) is 17.5. The Bertz CT molecular complexity index is 1210. The zero-order chi connectivity index (χ0) is 29.2. The molecule has 1 nitrogen and oxygen atoms in total. The lowest BCUT2D eigenvalue weighted by Gasteiger charge is -2.29. The molecule has 0 unspecified atom stereocenters. The van der Waals surface area contributed by atoms with Gasteiger partial charge in [-0.25, -0.2) is 13.2 Å². The monoisotopic (exact) mass is 572 g/mol. The molecule has 0 amide bonds. The number of rotatable bonds is 14. The van der Waals surface area contributed by atoms with Crippen LogP contribution in [0, 0.1) is 23.4 Å². The molecule has 0 heterocycles. The van der Waals surface area contributed by atoms with Crippen LogP contribution in [0.25, 0.3) is 11.1 Å². The first-order valence-corrected chi connectivity index (χ1v) is 15.2. The van der Waals surface area contributed by atoms with Crippen LogP contribution >= 0.6 is 0 Å². The quantitative estimate of drug-likeness (QED) is 0.106. The van der Waals surface area contributed by atoms with Crippen LogP contribution in [-0.2, 0) is 6.11 Å². The van der Waals surface area contributed by atoms with Gasteiger partial charge in [-0.3, -0.25) is 0 Å². The first kappa shape index (κ1) is 31.1. The van der Waals surface area contributed by atoms with E-state index in [-0.39, 0.29) is 22.4 Å². The Hall–Kier alpha value is -2.89. The SMILES string of the molecule is CCCCCCCCCC[C@H]1CC[C@H](c2ccc(C(F)(F)Oc3ccccc3-c3cc(F)c(F)c(F)c3)cc2)CC1. The molecule has 0 atom stereocenters. The van der Waals surface area contributed by atoms with Gasteiger partial charge in [0.05, 0.1) is 5.56 Å². The number of para-hydroxylation sites is 1. The third kappa shape index (κ3) is 8.56. The summed E-state index contributed by atoms with van der Waals surface area (Å²) in [4.78, 5) is 0. The number of unbranched alkanes of at least 4 members (excludes halogenated alkanes) is 7. The minimum absolute atomic E-state index is 0.0327. The van der Waals surface area contributed by atoms with Crippen molar-refractivity contribution in [3.05, 3.63) is 89.2 Å². The highest BCUT2D eigenvalue weighted by Crippen LogP contribution is 2.41. The summed E-state index contributed by atoms with van der Waals surface area (Å²) in [6.07, 6.45) is 12.8. The van der Waals surface area contributed by atoms with E-state index in [2.05, 4.69) is 6.92 Å². The highest BCUT2D eigenvalue weighted by atomic mass is 19.3. The maximum atomic E-state index is 15.2. The maximum Gasteiger partial charge on any atom is 0.426 e. The summed E-state index contributed by atoms with van der Waals surface area (Å²) in [6.45, 7) is 2.25. The molecule has 1 aliphatic carbocycles. The van der Waals surface area contributed by atoms with Gasteiger partial charge in [0.25, 0.3) is 0 Å². The largest absolute Gasteiger partial charge is 0.428 e. The van der Waals surface area contributed by atoms with E-state index < -0.39 is 23.6 Å². The van der Waals surface area contributed by atoms with E-state index in [9.17, 15) is 13.2 Å². The van der Waals surface area contributed by atoms with Gasteiger partial charge >= 0.3 is 6.11 Å². The highest BCUT2D eigenvalue weighted by Gasteiger charge is 2.35. The predicted molar refractivity (Wildman–Crippen MR) is 155 cm³/mol. The van der Waals surface area contributed by atoms with Crippen molar-refractivity contribution in [3.8, 4) is 16.9 Å². The summed E-state index contributed by atoms with van der Waals surface area (Å²) in [7, 11) is 0. The number of halogens is 5. The Kier molecular flexibility index (Phi) is 11.2. The molecule has 4 rings (SSSR count). The fraction of sp³-hybridized carbons (Fsp3) is 0.486. The fourth-order valence-electron chi connectivity index (χ4n) is 6.00. The average Bonchev–Trinajstić information content (AvgIpc) is 2.97. The summed E-state index contributed by atoms with van der Waals surface area (Å²) in [5.74, 6) is -3.54. The van der Waals surface area contributed by atoms with Gasteiger partial charge in [-0.05, 0) is 79.0 Å². The Balaban J connectivity index is 1.30. The molecule has 1 saturated carbocycles. The van der Waals surface area contributed by atoms with E-state index in [0.29, 0.717) is 5.92 Å². The lowest BCUT2D eigenvalue weighted by atomic mass is 9.77. The van der Waals surface area contributed by atoms with Gasteiger partial charge in [0.15, 0.2) is 17.5 Å². The molecule has 0 aliphatic heterocycles. The van der Waals surface area contributed by atoms with Gasteiger partial charge in [-0.1, -0.05) is 95.0 Å². The second kappa shape index (κ2) is 14.8. The molecule has 3 aromatic rings. The van der Waals surface area contributed by atoms with E-state index in [1.807, 2.05) is 0 Å². The van der Waals surface area contributed by atoms with Gasteiger partial charge in [0.1, 0.15) is 5.75 Å². The van der Waals surface area contributed by atoms with Gasteiger partial charge in [0.2, 0.25) is 0 Å². The van der Waals surface area contributed by atoms with Crippen LogP contribution in [0.1, 0.15) is 107 Å². The van der Waals surface area contributed by atoms with E-state index >= 15 is 8.78 Å². The molecule has 1 aliphatic rings. The van der Waals surface area contributed by atoms with Crippen LogP contribution in [0.2, 0.25) is 0 Å². The van der Waals surface area contributed by atoms with Crippen molar-refractivity contribution in [2.75, 3.05) is 0 Å². The van der Waals surface area contributed by atoms with Gasteiger partial charge < -0.3 is 4.74 Å². The zero-order valence-corrected chi connectivity index (χ0v) is 23.9. The first-order chi connectivity index (χ1) is 19.8. The van der Waals surface area contributed by atoms with Crippen molar-refractivity contribution in [2.24, 2.45) is 5.92 Å². The third-order valence-corrected chi connectivity index (χ3v) is 8.45. The van der Waals surface area contributed by atoms with Gasteiger partial charge in [0, 0.05) is 5.56 Å². The molecule has 0 aromatic heterocycles. The van der Waals surface area contributed by atoms with Crippen LogP contribution in [0.4, 0.5) is 22.0 Å². The zero-order valence-electron chi connectivity index (χ0n) is 23.9. The summed E-state index contributed by atoms with van der Waals surface area (Å²) < 4.78 is 76.5. The molecule has 41 heavy (non-hydrogen) atoms. The number of hydrogen-bond acceptors (Lipinski definition) is 1. The molecule has 0 bridgehead atoms. The standard InChI is InChI=1S/C35H41F5O/c1-2-3-4-5-6-7-8-9-12-25-15-17-26(18-16-25)27-19-21-29(22-20-27)35(39,40)41-33-14-11-10-13-30(33)28-23-31(36)34(38)32(37)24-28/h10-11,13-14,19-26H,2-9,12,15-18H2,1H3/t25-,26-. The smallest absolute Gasteiger partial charge is 0.426 e. The molecule has 0 saturated heterocycles. The summed E-state index contributed by atoms with van der Waals surface area (Å²) in [6, 6.07) is 13.5. The van der Waals surface area contributed by atoms with Crippen molar-refractivity contribution in [2.45, 2.75) is 102 Å². The second-order valence-electron chi connectivity index (χ2n) is 11.5. The maximum absolute atomic E-state index is 15.2. The summed E-state index contributed by atoms with van der Waals surface area (Å²) in [5, 5.41) is 0. The molecule has 6 heteroatoms. The predicted octanol–water partition coefficient (Wildman–Crippen LogP) is 11.7. The van der Waals surface area contributed by atoms with Crippen molar-refractivity contribution < 1.29 is 26.7 Å². The van der Waals surface area contributed by atoms with Crippen LogP contribution in [0.5, 0.6) is 5.75 Å². The molecule has 0 N–H and O–H groups in total. The second-order valence-corrected chi connectivity index (χ2v) is 11.5. The Morgan fingerprint density at radius 3 is 1.95 bits per heavy atom.